The van der Waals surface area contributed by atoms with Crippen LogP contribution in [0.5, 0.6) is 5.75 Å². The number of hydrogen-bond acceptors (Lipinski definition) is 3. The summed E-state index contributed by atoms with van der Waals surface area (Å²) in [7, 11) is 0. The second-order valence-corrected chi connectivity index (χ2v) is 5.23. The number of aromatic nitrogens is 2. The van der Waals surface area contributed by atoms with Gasteiger partial charge in [0.15, 0.2) is 0 Å². The summed E-state index contributed by atoms with van der Waals surface area (Å²) >= 11 is 0. The number of urea groups is 1. The molecule has 2 aromatic rings. The van der Waals surface area contributed by atoms with E-state index in [-0.39, 0.29) is 6.03 Å². The Morgan fingerprint density at radius 3 is 2.48 bits per heavy atom. The zero-order valence-electron chi connectivity index (χ0n) is 14.1. The molecular weight excluding hydrogens is 292 g/mol. The molecule has 0 saturated carbocycles. The molecule has 0 saturated heterocycles. The minimum Gasteiger partial charge on any atom is -0.494 e. The number of aryl methyl sites for hydroxylation is 2. The third-order valence-corrected chi connectivity index (χ3v) is 3.68. The van der Waals surface area contributed by atoms with Gasteiger partial charge in [0.25, 0.3) is 0 Å². The minimum atomic E-state index is -0.239. The van der Waals surface area contributed by atoms with E-state index in [9.17, 15) is 4.79 Å². The Hall–Kier alpha value is -2.50. The Bertz CT molecular complexity index is 662. The van der Waals surface area contributed by atoms with Gasteiger partial charge in [0, 0.05) is 30.0 Å². The molecule has 23 heavy (non-hydrogen) atoms. The van der Waals surface area contributed by atoms with Crippen molar-refractivity contribution in [2.75, 3.05) is 11.9 Å². The first-order chi connectivity index (χ1) is 11.0. The molecule has 124 valence electrons. The van der Waals surface area contributed by atoms with E-state index in [1.54, 1.807) is 0 Å². The minimum absolute atomic E-state index is 0.239. The second kappa shape index (κ2) is 7.67. The number of nitrogens with zero attached hydrogens (tertiary/aromatic N) is 2. The predicted molar refractivity (Wildman–Crippen MR) is 90.8 cm³/mol. The maximum absolute atomic E-state index is 12.0. The van der Waals surface area contributed by atoms with Gasteiger partial charge in [0.2, 0.25) is 0 Å². The molecule has 0 bridgehead atoms. The number of carbonyl (C=O) groups is 1. The van der Waals surface area contributed by atoms with Crippen LogP contribution in [0.15, 0.2) is 24.3 Å². The molecule has 2 N–H and O–H groups in total. The van der Waals surface area contributed by atoms with E-state index in [1.807, 2.05) is 49.7 Å². The monoisotopic (exact) mass is 316 g/mol. The third-order valence-electron chi connectivity index (χ3n) is 3.68. The molecule has 0 spiro atoms. The smallest absolute Gasteiger partial charge is 0.319 e. The van der Waals surface area contributed by atoms with Gasteiger partial charge in [-0.1, -0.05) is 0 Å². The molecule has 0 aliphatic rings. The highest BCUT2D eigenvalue weighted by Crippen LogP contribution is 2.16. The van der Waals surface area contributed by atoms with Crippen molar-refractivity contribution in [1.82, 2.24) is 15.1 Å². The molecule has 0 aliphatic carbocycles. The van der Waals surface area contributed by atoms with Gasteiger partial charge >= 0.3 is 6.03 Å². The molecule has 2 rings (SSSR count). The largest absolute Gasteiger partial charge is 0.494 e. The van der Waals surface area contributed by atoms with Gasteiger partial charge in [-0.25, -0.2) is 4.79 Å². The number of ether oxygens (including phenoxy) is 1. The maximum Gasteiger partial charge on any atom is 0.319 e. The summed E-state index contributed by atoms with van der Waals surface area (Å²) in [6, 6.07) is 7.06. The normalized spacial score (nSPS) is 10.4. The average Bonchev–Trinajstić information content (AvgIpc) is 2.81. The van der Waals surface area contributed by atoms with Crippen LogP contribution in [0.1, 0.15) is 30.8 Å². The summed E-state index contributed by atoms with van der Waals surface area (Å²) in [6.45, 7) is 9.87. The van der Waals surface area contributed by atoms with Crippen molar-refractivity contribution in [2.45, 2.75) is 40.8 Å². The van der Waals surface area contributed by atoms with Crippen LogP contribution in [0.2, 0.25) is 0 Å². The lowest BCUT2D eigenvalue weighted by Crippen LogP contribution is -2.28. The predicted octanol–water partition coefficient (Wildman–Crippen LogP) is 3.24. The van der Waals surface area contributed by atoms with Crippen molar-refractivity contribution >= 4 is 11.7 Å². The standard InChI is InChI=1S/C17H24N4O2/c1-5-21-13(4)16(12(3)20-21)11-18-17(22)19-14-7-9-15(10-8-14)23-6-2/h7-10H,5-6,11H2,1-4H3,(H2,18,19,22). The highest BCUT2D eigenvalue weighted by Gasteiger charge is 2.11. The fourth-order valence-electron chi connectivity index (χ4n) is 2.44. The summed E-state index contributed by atoms with van der Waals surface area (Å²) in [5.74, 6) is 0.789. The molecular formula is C17H24N4O2. The molecule has 0 aliphatic heterocycles. The summed E-state index contributed by atoms with van der Waals surface area (Å²) in [4.78, 5) is 12.0. The first-order valence-corrected chi connectivity index (χ1v) is 7.85. The van der Waals surface area contributed by atoms with Gasteiger partial charge in [0.05, 0.1) is 12.3 Å². The Morgan fingerprint density at radius 1 is 1.22 bits per heavy atom. The van der Waals surface area contributed by atoms with Crippen LogP contribution in [0, 0.1) is 13.8 Å². The van der Waals surface area contributed by atoms with Gasteiger partial charge in [-0.2, -0.15) is 5.10 Å². The number of amides is 2. The molecule has 1 aromatic carbocycles. The fourth-order valence-corrected chi connectivity index (χ4v) is 2.44. The summed E-state index contributed by atoms with van der Waals surface area (Å²) in [6.07, 6.45) is 0. The van der Waals surface area contributed by atoms with Crippen LogP contribution in [-0.4, -0.2) is 22.4 Å². The highest BCUT2D eigenvalue weighted by molar-refractivity contribution is 5.89. The van der Waals surface area contributed by atoms with Crippen LogP contribution >= 0.6 is 0 Å². The first-order valence-electron chi connectivity index (χ1n) is 7.85. The lowest BCUT2D eigenvalue weighted by atomic mass is 10.2. The van der Waals surface area contributed by atoms with Crippen molar-refractivity contribution in [3.63, 3.8) is 0 Å². The molecule has 1 aromatic heterocycles. The van der Waals surface area contributed by atoms with E-state index in [0.717, 1.165) is 34.9 Å². The van der Waals surface area contributed by atoms with Crippen molar-refractivity contribution in [3.8, 4) is 5.75 Å². The molecule has 0 radical (unpaired) electrons. The van der Waals surface area contributed by atoms with Crippen LogP contribution < -0.4 is 15.4 Å². The van der Waals surface area contributed by atoms with Gasteiger partial charge in [-0.05, 0) is 52.0 Å². The first kappa shape index (κ1) is 16.9. The summed E-state index contributed by atoms with van der Waals surface area (Å²) in [5, 5.41) is 10.1. The fraction of sp³-hybridized carbons (Fsp3) is 0.412. The van der Waals surface area contributed by atoms with Crippen LogP contribution in [0.4, 0.5) is 10.5 Å². The van der Waals surface area contributed by atoms with E-state index >= 15 is 0 Å². The molecule has 0 unspecified atom stereocenters. The van der Waals surface area contributed by atoms with Gasteiger partial charge in [-0.15, -0.1) is 0 Å². The van der Waals surface area contributed by atoms with E-state index in [1.165, 1.54) is 0 Å². The molecule has 6 nitrogen and oxygen atoms in total. The quantitative estimate of drug-likeness (QED) is 0.859. The number of anilines is 1. The number of nitrogens with one attached hydrogen (secondary N) is 2. The maximum atomic E-state index is 12.0. The Labute approximate surface area is 136 Å². The van der Waals surface area contributed by atoms with Gasteiger partial charge in [0.1, 0.15) is 5.75 Å². The molecule has 0 fully saturated rings. The van der Waals surface area contributed by atoms with E-state index < -0.39 is 0 Å². The summed E-state index contributed by atoms with van der Waals surface area (Å²) in [5.41, 5.74) is 3.83. The average molecular weight is 316 g/mol. The zero-order valence-corrected chi connectivity index (χ0v) is 14.1. The molecule has 0 atom stereocenters. The highest BCUT2D eigenvalue weighted by atomic mass is 16.5. The lowest BCUT2D eigenvalue weighted by molar-refractivity contribution is 0.251. The van der Waals surface area contributed by atoms with E-state index in [2.05, 4.69) is 22.7 Å². The summed E-state index contributed by atoms with van der Waals surface area (Å²) < 4.78 is 7.31. The van der Waals surface area contributed by atoms with Crippen LogP contribution in [0.3, 0.4) is 0 Å². The lowest BCUT2D eigenvalue weighted by Gasteiger charge is -2.09. The van der Waals surface area contributed by atoms with E-state index in [4.69, 9.17) is 4.74 Å². The molecule has 1 heterocycles. The van der Waals surface area contributed by atoms with Crippen molar-refractivity contribution in [2.24, 2.45) is 0 Å². The van der Waals surface area contributed by atoms with Crippen LogP contribution in [0.25, 0.3) is 0 Å². The number of rotatable bonds is 6. The Balaban J connectivity index is 1.91. The van der Waals surface area contributed by atoms with E-state index in [0.29, 0.717) is 13.2 Å². The Morgan fingerprint density at radius 2 is 1.91 bits per heavy atom. The van der Waals surface area contributed by atoms with Gasteiger partial charge in [-0.3, -0.25) is 4.68 Å². The molecule has 2 amide bonds. The number of carbonyl (C=O) groups excluding carboxylic acids is 1. The van der Waals surface area contributed by atoms with Crippen molar-refractivity contribution < 1.29 is 9.53 Å². The topological polar surface area (TPSA) is 68.2 Å². The van der Waals surface area contributed by atoms with Crippen LogP contribution in [-0.2, 0) is 13.1 Å². The van der Waals surface area contributed by atoms with Crippen molar-refractivity contribution in [3.05, 3.63) is 41.2 Å². The number of benzene rings is 1. The number of hydrogen-bond donors (Lipinski definition) is 2. The zero-order chi connectivity index (χ0) is 16.8. The SMILES string of the molecule is CCOc1ccc(NC(=O)NCc2c(C)nn(CC)c2C)cc1. The third kappa shape index (κ3) is 4.25. The Kier molecular flexibility index (Phi) is 5.62. The van der Waals surface area contributed by atoms with Crippen molar-refractivity contribution in [1.29, 1.82) is 0 Å². The van der Waals surface area contributed by atoms with Gasteiger partial charge < -0.3 is 15.4 Å². The second-order valence-electron chi connectivity index (χ2n) is 5.23. The molecule has 6 heteroatoms.